The lowest BCUT2D eigenvalue weighted by Crippen LogP contribution is -2.46. The van der Waals surface area contributed by atoms with E-state index in [1.807, 2.05) is 6.07 Å². The minimum Gasteiger partial charge on any atom is -0.365 e. The summed E-state index contributed by atoms with van der Waals surface area (Å²) in [6.45, 7) is 7.84. The van der Waals surface area contributed by atoms with Crippen LogP contribution in [0.2, 0.25) is 0 Å². The van der Waals surface area contributed by atoms with E-state index in [1.165, 1.54) is 36.7 Å². The van der Waals surface area contributed by atoms with Crippen LogP contribution in [0.5, 0.6) is 0 Å². The van der Waals surface area contributed by atoms with Crippen LogP contribution in [0.15, 0.2) is 60.9 Å². The highest BCUT2D eigenvalue weighted by Crippen LogP contribution is 2.37. The lowest BCUT2D eigenvalue weighted by molar-refractivity contribution is -0.137. The molecular formula is C34H38F3N7O2. The average Bonchev–Trinajstić information content (AvgIpc) is 3.96. The Bertz CT molecular complexity index is 1610. The molecule has 0 spiro atoms. The molecule has 1 aromatic carbocycles. The summed E-state index contributed by atoms with van der Waals surface area (Å²) in [4.78, 5) is 31.0. The second-order valence-electron chi connectivity index (χ2n) is 12.5. The van der Waals surface area contributed by atoms with Crippen molar-refractivity contribution >= 4 is 17.6 Å². The largest absolute Gasteiger partial charge is 0.416 e. The van der Waals surface area contributed by atoms with Crippen LogP contribution >= 0.6 is 0 Å². The first-order chi connectivity index (χ1) is 21.9. The van der Waals surface area contributed by atoms with Crippen molar-refractivity contribution in [3.8, 4) is 17.3 Å². The summed E-state index contributed by atoms with van der Waals surface area (Å²) in [6.07, 6.45) is 4.63. The third kappa shape index (κ3) is 8.01. The number of aromatic nitrogens is 3. The maximum absolute atomic E-state index is 12.8. The predicted octanol–water partition coefficient (Wildman–Crippen LogP) is 6.29. The molecule has 3 aliphatic rings. The third-order valence-corrected chi connectivity index (χ3v) is 8.86. The number of nitrogens with zero attached hydrogens (tertiary/aromatic N) is 5. The molecule has 242 valence electrons. The second-order valence-corrected chi connectivity index (χ2v) is 12.5. The van der Waals surface area contributed by atoms with Crippen LogP contribution in [0.3, 0.4) is 0 Å². The van der Waals surface area contributed by atoms with Crippen LogP contribution in [-0.4, -0.2) is 44.6 Å². The molecule has 12 heteroatoms. The molecule has 2 amide bonds. The van der Waals surface area contributed by atoms with Crippen molar-refractivity contribution in [2.45, 2.75) is 70.1 Å². The molecule has 2 aliphatic carbocycles. The number of primary amides is 1. The topological polar surface area (TPSA) is 130 Å². The van der Waals surface area contributed by atoms with Crippen LogP contribution in [-0.2, 0) is 23.1 Å². The molecule has 0 bridgehead atoms. The molecule has 3 aromatic rings. The zero-order chi connectivity index (χ0) is 33.1. The van der Waals surface area contributed by atoms with E-state index in [2.05, 4.69) is 39.9 Å². The quantitative estimate of drug-likeness (QED) is 0.267. The van der Waals surface area contributed by atoms with Crippen molar-refractivity contribution in [2.75, 3.05) is 18.4 Å². The van der Waals surface area contributed by atoms with E-state index in [0.717, 1.165) is 36.5 Å². The number of carbonyl (C=O) groups excluding carboxylic acids is 2. The fraction of sp³-hybridized carbons (Fsp3) is 0.441. The number of benzene rings is 1. The second kappa shape index (κ2) is 13.5. The number of likely N-dealkylation sites (tertiary alicyclic amines) is 1. The Morgan fingerprint density at radius 3 is 2.22 bits per heavy atom. The molecule has 3 heterocycles. The van der Waals surface area contributed by atoms with Gasteiger partial charge in [-0.1, -0.05) is 30.4 Å². The molecule has 1 aliphatic heterocycles. The van der Waals surface area contributed by atoms with Gasteiger partial charge in [0.25, 0.3) is 5.91 Å². The Morgan fingerprint density at radius 1 is 1.09 bits per heavy atom. The van der Waals surface area contributed by atoms with Gasteiger partial charge >= 0.3 is 6.18 Å². The van der Waals surface area contributed by atoms with Gasteiger partial charge < -0.3 is 11.1 Å². The van der Waals surface area contributed by atoms with E-state index < -0.39 is 23.2 Å². The maximum atomic E-state index is 12.8. The number of hydrogen-bond donors (Lipinski definition) is 2. The molecule has 0 unspecified atom stereocenters. The number of piperidine rings is 1. The Morgan fingerprint density at radius 2 is 1.74 bits per heavy atom. The zero-order valence-corrected chi connectivity index (χ0v) is 25.8. The Hall–Kier alpha value is -4.50. The summed E-state index contributed by atoms with van der Waals surface area (Å²) >= 11 is 0. The lowest BCUT2D eigenvalue weighted by Gasteiger charge is -2.40. The molecule has 0 atom stereocenters. The van der Waals surface area contributed by atoms with Gasteiger partial charge in [-0.3, -0.25) is 24.2 Å². The molecule has 46 heavy (non-hydrogen) atoms. The minimum atomic E-state index is -4.38. The van der Waals surface area contributed by atoms with Gasteiger partial charge in [0.1, 0.15) is 5.56 Å². The minimum absolute atomic E-state index is 0.0688. The van der Waals surface area contributed by atoms with Gasteiger partial charge in [-0.15, -0.1) is 0 Å². The van der Waals surface area contributed by atoms with E-state index in [0.29, 0.717) is 43.7 Å². The number of nitrogens with one attached hydrogen (secondary N) is 1. The Kier molecular flexibility index (Phi) is 9.63. The van der Waals surface area contributed by atoms with Gasteiger partial charge in [0, 0.05) is 43.5 Å². The SMILES string of the molecule is C=C(C)C1CC1.N#CCC1(n2cc(C(N)=O)c(NC(=O)C3CC3)n2)CCN(Cc2ccc(-c3ccc(C(F)(F)F)cc3)nc2)CC1. The fourth-order valence-corrected chi connectivity index (χ4v) is 5.57. The number of halogens is 3. The van der Waals surface area contributed by atoms with Crippen molar-refractivity contribution in [3.05, 3.63) is 77.6 Å². The summed E-state index contributed by atoms with van der Waals surface area (Å²) in [7, 11) is 0. The highest BCUT2D eigenvalue weighted by atomic mass is 19.4. The molecular weight excluding hydrogens is 595 g/mol. The van der Waals surface area contributed by atoms with E-state index in [4.69, 9.17) is 5.73 Å². The molecule has 2 aromatic heterocycles. The first kappa shape index (κ1) is 32.9. The highest BCUT2D eigenvalue weighted by molar-refractivity contribution is 6.02. The number of anilines is 1. The van der Waals surface area contributed by atoms with Crippen LogP contribution in [0.1, 0.15) is 73.4 Å². The highest BCUT2D eigenvalue weighted by Gasteiger charge is 2.39. The number of allylic oxidation sites excluding steroid dienone is 1. The van der Waals surface area contributed by atoms with E-state index in [1.54, 1.807) is 16.9 Å². The number of alkyl halides is 3. The van der Waals surface area contributed by atoms with Crippen molar-refractivity contribution < 1.29 is 22.8 Å². The van der Waals surface area contributed by atoms with E-state index in [-0.39, 0.29) is 29.6 Å². The Balaban J connectivity index is 0.000000624. The number of nitrogens with two attached hydrogens (primary N) is 1. The van der Waals surface area contributed by atoms with Gasteiger partial charge in [0.05, 0.1) is 29.3 Å². The Labute approximate surface area is 266 Å². The number of nitriles is 1. The third-order valence-electron chi connectivity index (χ3n) is 8.86. The molecule has 6 rings (SSSR count). The summed E-state index contributed by atoms with van der Waals surface area (Å²) in [5, 5.41) is 16.8. The van der Waals surface area contributed by atoms with Crippen LogP contribution in [0.25, 0.3) is 11.3 Å². The number of rotatable bonds is 9. The van der Waals surface area contributed by atoms with Crippen LogP contribution < -0.4 is 11.1 Å². The van der Waals surface area contributed by atoms with Crippen molar-refractivity contribution in [2.24, 2.45) is 17.6 Å². The predicted molar refractivity (Wildman–Crippen MR) is 167 cm³/mol. The van der Waals surface area contributed by atoms with Gasteiger partial charge in [-0.05, 0) is 75.1 Å². The molecule has 3 N–H and O–H groups in total. The summed E-state index contributed by atoms with van der Waals surface area (Å²) in [5.41, 5.74) is 7.82. The van der Waals surface area contributed by atoms with Crippen LogP contribution in [0, 0.1) is 23.2 Å². The van der Waals surface area contributed by atoms with Crippen molar-refractivity contribution in [1.82, 2.24) is 19.7 Å². The molecule has 9 nitrogen and oxygen atoms in total. The van der Waals surface area contributed by atoms with E-state index >= 15 is 0 Å². The fourth-order valence-electron chi connectivity index (χ4n) is 5.57. The van der Waals surface area contributed by atoms with Gasteiger partial charge in [0.15, 0.2) is 5.82 Å². The first-order valence-electron chi connectivity index (χ1n) is 15.5. The lowest BCUT2D eigenvalue weighted by atomic mass is 9.84. The molecule has 1 saturated heterocycles. The number of carbonyl (C=O) groups is 2. The van der Waals surface area contributed by atoms with Crippen molar-refractivity contribution in [3.63, 3.8) is 0 Å². The van der Waals surface area contributed by atoms with Crippen molar-refractivity contribution in [1.29, 1.82) is 5.26 Å². The smallest absolute Gasteiger partial charge is 0.365 e. The summed E-state index contributed by atoms with van der Waals surface area (Å²) < 4.78 is 40.1. The number of pyridine rings is 1. The zero-order valence-electron chi connectivity index (χ0n) is 25.8. The first-order valence-corrected chi connectivity index (χ1v) is 15.5. The summed E-state index contributed by atoms with van der Waals surface area (Å²) in [5.74, 6) is 0.0815. The monoisotopic (exact) mass is 633 g/mol. The maximum Gasteiger partial charge on any atom is 0.416 e. The van der Waals surface area contributed by atoms with Gasteiger partial charge in [-0.2, -0.15) is 23.5 Å². The molecule has 2 saturated carbocycles. The van der Waals surface area contributed by atoms with E-state index in [9.17, 15) is 28.0 Å². The average molecular weight is 634 g/mol. The number of hydrogen-bond acceptors (Lipinski definition) is 6. The normalized spacial score (nSPS) is 17.7. The van der Waals surface area contributed by atoms with Gasteiger partial charge in [-0.25, -0.2) is 0 Å². The van der Waals surface area contributed by atoms with Crippen LogP contribution in [0.4, 0.5) is 19.0 Å². The number of amides is 2. The standard InChI is InChI=1S/C28H28F3N7O2.C6H10/c29-28(30,31)21-6-4-19(5-7-21)23-8-1-18(15-34-23)16-37-13-10-27(9-12-32,11-14-37)38-17-22(24(33)39)25(36-38)35-26(40)20-2-3-20;1-5(2)6-3-4-6/h1,4-8,15,17,20H,2-3,9-11,13-14,16H2,(H2,33,39)(H,35,36,40);6H,1,3-4H2,2H3. The molecule has 0 radical (unpaired) electrons. The molecule has 3 fully saturated rings. The summed E-state index contributed by atoms with van der Waals surface area (Å²) in [6, 6.07) is 10.8. The van der Waals surface area contributed by atoms with Gasteiger partial charge in [0.2, 0.25) is 5.91 Å².